The summed E-state index contributed by atoms with van der Waals surface area (Å²) >= 11 is 0. The van der Waals surface area contributed by atoms with Crippen molar-refractivity contribution in [2.75, 3.05) is 29.9 Å². The topological polar surface area (TPSA) is 107 Å². The molecule has 2 aromatic rings. The third-order valence-corrected chi connectivity index (χ3v) is 5.22. The second-order valence-electron chi connectivity index (χ2n) is 7.18. The first kappa shape index (κ1) is 18.2. The number of nitrogens with zero attached hydrogens (tertiary/aromatic N) is 2. The monoisotopic (exact) mass is 381 g/mol. The molecule has 1 fully saturated rings. The van der Waals surface area contributed by atoms with E-state index in [1.807, 2.05) is 35.2 Å². The van der Waals surface area contributed by atoms with E-state index in [4.69, 9.17) is 0 Å². The van der Waals surface area contributed by atoms with E-state index in [1.54, 1.807) is 0 Å². The Bertz CT molecular complexity index is 935. The predicted octanol–water partition coefficient (Wildman–Crippen LogP) is 1.15. The average molecular weight is 381 g/mol. The summed E-state index contributed by atoms with van der Waals surface area (Å²) in [5, 5.41) is 5.50. The molecular weight excluding hydrogens is 358 g/mol. The lowest BCUT2D eigenvalue weighted by atomic mass is 9.92. The van der Waals surface area contributed by atoms with Crippen molar-refractivity contribution in [1.82, 2.24) is 15.3 Å². The summed E-state index contributed by atoms with van der Waals surface area (Å²) in [6.45, 7) is 2.08. The molecule has 146 valence electrons. The Hall–Kier alpha value is -3.16. The fraction of sp³-hybridized carbons (Fsp3) is 0.400. The number of aromatic amines is 1. The van der Waals surface area contributed by atoms with Crippen LogP contribution in [0.1, 0.15) is 36.3 Å². The van der Waals surface area contributed by atoms with Crippen molar-refractivity contribution < 1.29 is 9.59 Å². The van der Waals surface area contributed by atoms with Crippen LogP contribution in [0.2, 0.25) is 0 Å². The molecule has 0 saturated carbocycles. The summed E-state index contributed by atoms with van der Waals surface area (Å²) in [5.41, 5.74) is 0.981. The van der Waals surface area contributed by atoms with Gasteiger partial charge in [0.1, 0.15) is 5.82 Å². The van der Waals surface area contributed by atoms with Crippen LogP contribution < -0.4 is 21.1 Å². The van der Waals surface area contributed by atoms with Crippen LogP contribution in [0.5, 0.6) is 0 Å². The molecule has 2 amide bonds. The van der Waals surface area contributed by atoms with Crippen LogP contribution >= 0.6 is 0 Å². The Balaban J connectivity index is 1.51. The fourth-order valence-corrected chi connectivity index (χ4v) is 3.76. The zero-order valence-electron chi connectivity index (χ0n) is 15.5. The van der Waals surface area contributed by atoms with Gasteiger partial charge in [-0.2, -0.15) is 4.98 Å². The minimum atomic E-state index is -0.830. The van der Waals surface area contributed by atoms with Crippen molar-refractivity contribution in [3.8, 4) is 0 Å². The highest BCUT2D eigenvalue weighted by atomic mass is 16.2. The summed E-state index contributed by atoms with van der Waals surface area (Å²) < 4.78 is 0. The van der Waals surface area contributed by atoms with E-state index in [0.29, 0.717) is 18.9 Å². The number of carbonyl (C=O) groups is 2. The molecule has 0 unspecified atom stereocenters. The van der Waals surface area contributed by atoms with Gasteiger partial charge in [-0.1, -0.05) is 30.3 Å². The molecule has 3 N–H and O–H groups in total. The van der Waals surface area contributed by atoms with Crippen LogP contribution in [0.25, 0.3) is 0 Å². The normalized spacial score (nSPS) is 18.5. The first-order valence-electron chi connectivity index (χ1n) is 9.62. The molecule has 2 aliphatic rings. The molecule has 1 aromatic carbocycles. The predicted molar refractivity (Wildman–Crippen MR) is 105 cm³/mol. The quantitative estimate of drug-likeness (QED) is 0.720. The van der Waals surface area contributed by atoms with Crippen molar-refractivity contribution in [1.29, 1.82) is 0 Å². The van der Waals surface area contributed by atoms with Crippen LogP contribution in [0, 0.1) is 0 Å². The fourth-order valence-electron chi connectivity index (χ4n) is 3.76. The number of H-pyrrole nitrogens is 1. The number of carbonyl (C=O) groups excluding carboxylic acids is 2. The van der Waals surface area contributed by atoms with E-state index >= 15 is 0 Å². The number of fused-ring (bicyclic) bond motifs is 1. The smallest absolute Gasteiger partial charge is 0.258 e. The van der Waals surface area contributed by atoms with E-state index in [2.05, 4.69) is 20.6 Å². The largest absolute Gasteiger partial charge is 0.355 e. The Labute approximate surface area is 162 Å². The first-order chi connectivity index (χ1) is 13.6. The van der Waals surface area contributed by atoms with Crippen molar-refractivity contribution >= 4 is 23.6 Å². The van der Waals surface area contributed by atoms with Crippen LogP contribution in [0.4, 0.5) is 11.8 Å². The van der Waals surface area contributed by atoms with Gasteiger partial charge in [0.05, 0.1) is 11.5 Å². The second-order valence-corrected chi connectivity index (χ2v) is 7.18. The lowest BCUT2D eigenvalue weighted by Crippen LogP contribution is -2.40. The highest BCUT2D eigenvalue weighted by Gasteiger charge is 2.35. The SMILES string of the molecule is O=C1C[C@H](C(=O)NCCc2ccccc2)c2c(nc(N3CCCC3)[nH]c2=O)N1. The number of aromatic nitrogens is 2. The number of anilines is 2. The van der Waals surface area contributed by atoms with Crippen molar-refractivity contribution in [2.24, 2.45) is 0 Å². The minimum absolute atomic E-state index is 0.0575. The third kappa shape index (κ3) is 3.76. The summed E-state index contributed by atoms with van der Waals surface area (Å²) in [7, 11) is 0. The van der Waals surface area contributed by atoms with Crippen molar-refractivity contribution in [3.05, 3.63) is 51.8 Å². The Morgan fingerprint density at radius 3 is 2.68 bits per heavy atom. The maximum Gasteiger partial charge on any atom is 0.258 e. The number of hydrogen-bond acceptors (Lipinski definition) is 5. The molecule has 28 heavy (non-hydrogen) atoms. The van der Waals surface area contributed by atoms with Crippen LogP contribution in [0.3, 0.4) is 0 Å². The lowest BCUT2D eigenvalue weighted by Gasteiger charge is -2.25. The van der Waals surface area contributed by atoms with Gasteiger partial charge in [-0.05, 0) is 24.8 Å². The maximum absolute atomic E-state index is 12.7. The lowest BCUT2D eigenvalue weighted by molar-refractivity contribution is -0.126. The number of hydrogen-bond donors (Lipinski definition) is 3. The van der Waals surface area contributed by atoms with Gasteiger partial charge in [-0.25, -0.2) is 0 Å². The molecule has 8 nitrogen and oxygen atoms in total. The number of amides is 2. The number of nitrogens with one attached hydrogen (secondary N) is 3. The van der Waals surface area contributed by atoms with Gasteiger partial charge in [0.25, 0.3) is 5.56 Å². The number of rotatable bonds is 5. The van der Waals surface area contributed by atoms with Gasteiger partial charge in [0, 0.05) is 26.1 Å². The summed E-state index contributed by atoms with van der Waals surface area (Å²) in [6.07, 6.45) is 2.71. The molecule has 3 heterocycles. The van der Waals surface area contributed by atoms with Crippen LogP contribution in [-0.2, 0) is 16.0 Å². The summed E-state index contributed by atoms with van der Waals surface area (Å²) in [4.78, 5) is 46.7. The van der Waals surface area contributed by atoms with E-state index in [9.17, 15) is 14.4 Å². The van der Waals surface area contributed by atoms with Gasteiger partial charge in [-0.3, -0.25) is 19.4 Å². The standard InChI is InChI=1S/C20H23N5O3/c26-15-12-14(18(27)21-9-8-13-6-2-1-3-7-13)16-17(22-15)23-20(24-19(16)28)25-10-4-5-11-25/h1-3,6-7,14H,4-5,8-12H2,(H,21,27)(H2,22,23,24,26,28)/t14-/m0/s1. The molecule has 0 spiro atoms. The highest BCUT2D eigenvalue weighted by molar-refractivity contribution is 6.00. The van der Waals surface area contributed by atoms with Crippen LogP contribution in [-0.4, -0.2) is 41.4 Å². The second kappa shape index (κ2) is 7.84. The maximum atomic E-state index is 12.7. The molecule has 2 aliphatic heterocycles. The molecule has 1 atom stereocenters. The molecular formula is C20H23N5O3. The molecule has 4 rings (SSSR count). The van der Waals surface area contributed by atoms with E-state index in [-0.39, 0.29) is 35.2 Å². The van der Waals surface area contributed by atoms with Crippen molar-refractivity contribution in [3.63, 3.8) is 0 Å². The van der Waals surface area contributed by atoms with Gasteiger partial charge in [0.2, 0.25) is 17.8 Å². The van der Waals surface area contributed by atoms with Gasteiger partial charge >= 0.3 is 0 Å². The third-order valence-electron chi connectivity index (χ3n) is 5.22. The Kier molecular flexibility index (Phi) is 5.10. The Morgan fingerprint density at radius 2 is 1.93 bits per heavy atom. The van der Waals surface area contributed by atoms with Crippen molar-refractivity contribution in [2.45, 2.75) is 31.6 Å². The first-order valence-corrected chi connectivity index (χ1v) is 9.62. The molecule has 0 aliphatic carbocycles. The molecule has 0 radical (unpaired) electrons. The van der Waals surface area contributed by atoms with Crippen LogP contribution in [0.15, 0.2) is 35.1 Å². The minimum Gasteiger partial charge on any atom is -0.355 e. The van der Waals surface area contributed by atoms with E-state index in [1.165, 1.54) is 0 Å². The van der Waals surface area contributed by atoms with Gasteiger partial charge < -0.3 is 15.5 Å². The molecule has 1 saturated heterocycles. The average Bonchev–Trinajstić information content (AvgIpc) is 3.22. The summed E-state index contributed by atoms with van der Waals surface area (Å²) in [5.74, 6) is -0.811. The van der Waals surface area contributed by atoms with E-state index in [0.717, 1.165) is 31.5 Å². The van der Waals surface area contributed by atoms with Gasteiger partial charge in [0.15, 0.2) is 0 Å². The zero-order valence-corrected chi connectivity index (χ0v) is 15.5. The zero-order chi connectivity index (χ0) is 19.5. The Morgan fingerprint density at radius 1 is 1.18 bits per heavy atom. The molecule has 8 heteroatoms. The highest BCUT2D eigenvalue weighted by Crippen LogP contribution is 2.29. The van der Waals surface area contributed by atoms with Gasteiger partial charge in [-0.15, -0.1) is 0 Å². The number of benzene rings is 1. The molecule has 1 aromatic heterocycles. The molecule has 0 bridgehead atoms. The summed E-state index contributed by atoms with van der Waals surface area (Å²) in [6, 6.07) is 9.81. The van der Waals surface area contributed by atoms with E-state index < -0.39 is 5.92 Å².